The summed E-state index contributed by atoms with van der Waals surface area (Å²) < 4.78 is 0. The van der Waals surface area contributed by atoms with Gasteiger partial charge in [0.25, 0.3) is 22.7 Å². The maximum absolute atomic E-state index is 10.5. The Balaban J connectivity index is 0.000000284. The first-order valence-corrected chi connectivity index (χ1v) is 18.2. The Morgan fingerprint density at radius 1 is 0.394 bits per heavy atom. The normalized spacial score (nSPS) is 9.58. The average molecular weight is 911 g/mol. The quantitative estimate of drug-likeness (QED) is 0.0724. The fourth-order valence-electron chi connectivity index (χ4n) is 4.75. The second-order valence-corrected chi connectivity index (χ2v) is 13.1. The summed E-state index contributed by atoms with van der Waals surface area (Å²) in [6, 6.07) is 25.9. The molecule has 66 heavy (non-hydrogen) atoms. The molecular formula is C42H38N8O16. The molecular weight excluding hydrogens is 873 g/mol. The van der Waals surface area contributed by atoms with Gasteiger partial charge in [-0.3, -0.25) is 50.4 Å². The maximum Gasteiger partial charge on any atom is 0.336 e. The van der Waals surface area contributed by atoms with Gasteiger partial charge in [-0.1, -0.05) is 0 Å². The first-order valence-electron chi connectivity index (χ1n) is 18.2. The van der Waals surface area contributed by atoms with Crippen LogP contribution in [0.3, 0.4) is 0 Å². The van der Waals surface area contributed by atoms with Gasteiger partial charge in [0.05, 0.1) is 54.1 Å². The number of pyridine rings is 2. The van der Waals surface area contributed by atoms with E-state index in [1.54, 1.807) is 73.3 Å². The van der Waals surface area contributed by atoms with Gasteiger partial charge >= 0.3 is 23.9 Å². The lowest BCUT2D eigenvalue weighted by Gasteiger charge is -2.11. The van der Waals surface area contributed by atoms with Crippen molar-refractivity contribution in [2.45, 2.75) is 0 Å². The van der Waals surface area contributed by atoms with Crippen molar-refractivity contribution in [3.05, 3.63) is 197 Å². The van der Waals surface area contributed by atoms with Crippen LogP contribution in [0, 0.1) is 40.5 Å². The summed E-state index contributed by atoms with van der Waals surface area (Å²) in [6.45, 7) is 0. The fourth-order valence-corrected chi connectivity index (χ4v) is 4.75. The molecule has 4 aromatic carbocycles. The van der Waals surface area contributed by atoms with Crippen molar-refractivity contribution >= 4 is 58.0 Å². The molecule has 0 fully saturated rings. The summed E-state index contributed by atoms with van der Waals surface area (Å²) in [5.74, 6) is -4.69. The number of aromatic carboxylic acids is 4. The molecule has 0 spiro atoms. The summed E-state index contributed by atoms with van der Waals surface area (Å²) in [7, 11) is 7.65. The number of rotatable bonds is 11. The van der Waals surface area contributed by atoms with Crippen LogP contribution in [0.15, 0.2) is 134 Å². The lowest BCUT2D eigenvalue weighted by molar-refractivity contribution is -0.394. The maximum atomic E-state index is 10.5. The van der Waals surface area contributed by atoms with E-state index in [2.05, 4.69) is 9.97 Å². The number of carboxylic acid groups (broad SMARTS) is 4. The summed E-state index contributed by atoms with van der Waals surface area (Å²) >= 11 is 0. The van der Waals surface area contributed by atoms with E-state index in [1.807, 2.05) is 62.3 Å². The van der Waals surface area contributed by atoms with Gasteiger partial charge in [0.2, 0.25) is 0 Å². The minimum Gasteiger partial charge on any atom is -0.478 e. The number of nitro groups is 4. The molecule has 6 aromatic rings. The number of nitrogens with zero attached hydrogens (tertiary/aromatic N) is 8. The molecule has 0 aliphatic rings. The number of benzene rings is 4. The average Bonchev–Trinajstić information content (AvgIpc) is 3.30. The van der Waals surface area contributed by atoms with Crippen LogP contribution in [0.4, 0.5) is 34.1 Å². The smallest absolute Gasteiger partial charge is 0.336 e. The predicted molar refractivity (Wildman–Crippen MR) is 236 cm³/mol. The van der Waals surface area contributed by atoms with Gasteiger partial charge in [-0.05, 0) is 83.9 Å². The highest BCUT2D eigenvalue weighted by Crippen LogP contribution is 2.24. The second-order valence-electron chi connectivity index (χ2n) is 13.1. The number of carbonyl (C=O) groups is 4. The zero-order valence-corrected chi connectivity index (χ0v) is 35.0. The van der Waals surface area contributed by atoms with E-state index >= 15 is 0 Å². The molecule has 0 radical (unpaired) electrons. The molecule has 24 nitrogen and oxygen atoms in total. The van der Waals surface area contributed by atoms with Gasteiger partial charge in [-0.25, -0.2) is 19.2 Å². The predicted octanol–water partition coefficient (Wildman–Crippen LogP) is 7.45. The van der Waals surface area contributed by atoms with Crippen molar-refractivity contribution in [2.24, 2.45) is 0 Å². The number of carboxylic acids is 4. The molecule has 0 amide bonds. The van der Waals surface area contributed by atoms with Crippen LogP contribution in [-0.2, 0) is 0 Å². The van der Waals surface area contributed by atoms with Crippen LogP contribution in [0.2, 0.25) is 0 Å². The van der Waals surface area contributed by atoms with Crippen LogP contribution < -0.4 is 9.80 Å². The number of aromatic nitrogens is 2. The summed E-state index contributed by atoms with van der Waals surface area (Å²) in [6.07, 6.45) is 7.15. The van der Waals surface area contributed by atoms with Crippen molar-refractivity contribution in [3.63, 3.8) is 0 Å². The Hall–Kier alpha value is -9.74. The molecule has 0 saturated carbocycles. The van der Waals surface area contributed by atoms with E-state index in [0.717, 1.165) is 35.6 Å². The number of hydrogen-bond acceptors (Lipinski definition) is 16. The first kappa shape index (κ1) is 52.4. The topological polar surface area (TPSA) is 354 Å². The van der Waals surface area contributed by atoms with Gasteiger partial charge < -0.3 is 30.2 Å². The highest BCUT2D eigenvalue weighted by Gasteiger charge is 2.20. The SMILES string of the molecule is CN(C)c1ccc(C(=O)O)cc1.CN(C)c1ccc(C(=O)O)cc1.O=C(O)c1cc([N+](=O)[O-])cc([N+](=O)[O-])c1.O=C(O)c1cc([N+](=O)[O-])cc([N+](=O)[O-])c1.c1cc(-c2ccncc2)ccn1. The zero-order valence-electron chi connectivity index (χ0n) is 35.0. The van der Waals surface area contributed by atoms with Crippen molar-refractivity contribution < 1.29 is 59.3 Å². The van der Waals surface area contributed by atoms with E-state index in [1.165, 1.54) is 11.1 Å². The lowest BCUT2D eigenvalue weighted by atomic mass is 10.1. The Kier molecular flexibility index (Phi) is 20.1. The monoisotopic (exact) mass is 910 g/mol. The third-order valence-corrected chi connectivity index (χ3v) is 8.10. The highest BCUT2D eigenvalue weighted by molar-refractivity contribution is 5.90. The molecule has 0 unspecified atom stereocenters. The Morgan fingerprint density at radius 3 is 0.803 bits per heavy atom. The standard InChI is InChI=1S/C10H8N2.2C9H11NO2.2C7H4N2O6/c1-5-11-6-2-9(1)10-3-7-12-8-4-10;2*1-10(2)8-5-3-7(4-6-8)9(11)12;2*10-7(11)4-1-5(8(12)13)3-6(2-4)9(14)15/h1-8H;2*3-6H,1-2H3,(H,11,12);2*1-3H,(H,10,11). The number of nitro benzene ring substituents is 4. The third-order valence-electron chi connectivity index (χ3n) is 8.10. The minimum absolute atomic E-state index is 0.320. The van der Waals surface area contributed by atoms with Gasteiger partial charge in [0.1, 0.15) is 0 Å². The number of anilines is 2. The first-order chi connectivity index (χ1) is 31.0. The van der Waals surface area contributed by atoms with Crippen LogP contribution in [0.5, 0.6) is 0 Å². The number of non-ortho nitro benzene ring substituents is 4. The van der Waals surface area contributed by atoms with Crippen molar-refractivity contribution in [1.82, 2.24) is 9.97 Å². The highest BCUT2D eigenvalue weighted by atomic mass is 16.6. The number of hydrogen-bond donors (Lipinski definition) is 4. The van der Waals surface area contributed by atoms with Crippen molar-refractivity contribution in [3.8, 4) is 11.1 Å². The molecule has 2 aromatic heterocycles. The molecule has 342 valence electrons. The Morgan fingerprint density at radius 2 is 0.621 bits per heavy atom. The molecule has 2 heterocycles. The van der Waals surface area contributed by atoms with Crippen molar-refractivity contribution in [1.29, 1.82) is 0 Å². The van der Waals surface area contributed by atoms with Crippen LogP contribution >= 0.6 is 0 Å². The Bertz CT molecular complexity index is 2320. The summed E-state index contributed by atoms with van der Waals surface area (Å²) in [5, 5.41) is 75.7. The summed E-state index contributed by atoms with van der Waals surface area (Å²) in [4.78, 5) is 91.5. The van der Waals surface area contributed by atoms with E-state index < -0.39 is 77.4 Å². The van der Waals surface area contributed by atoms with Crippen LogP contribution in [-0.4, -0.2) is 102 Å². The molecule has 6 rings (SSSR count). The van der Waals surface area contributed by atoms with E-state index in [9.17, 15) is 59.6 Å². The molecule has 0 atom stereocenters. The van der Waals surface area contributed by atoms with E-state index in [4.69, 9.17) is 20.4 Å². The second kappa shape index (κ2) is 25.3. The van der Waals surface area contributed by atoms with Crippen molar-refractivity contribution in [2.75, 3.05) is 38.0 Å². The molecule has 0 aliphatic heterocycles. The molecule has 0 aliphatic carbocycles. The van der Waals surface area contributed by atoms with Gasteiger partial charge in [-0.2, -0.15) is 0 Å². The minimum atomic E-state index is -1.46. The fraction of sp³-hybridized carbons (Fsp3) is 0.0952. The zero-order chi connectivity index (χ0) is 49.7. The molecule has 4 N–H and O–H groups in total. The van der Waals surface area contributed by atoms with Gasteiger partial charge in [0, 0.05) is 88.6 Å². The van der Waals surface area contributed by atoms with Gasteiger partial charge in [-0.15, -0.1) is 0 Å². The lowest BCUT2D eigenvalue weighted by Crippen LogP contribution is -2.08. The third kappa shape index (κ3) is 17.3. The van der Waals surface area contributed by atoms with E-state index in [0.29, 0.717) is 23.3 Å². The Labute approximate surface area is 372 Å². The van der Waals surface area contributed by atoms with Crippen LogP contribution in [0.1, 0.15) is 41.4 Å². The largest absolute Gasteiger partial charge is 0.478 e. The van der Waals surface area contributed by atoms with Crippen LogP contribution in [0.25, 0.3) is 11.1 Å². The summed E-state index contributed by atoms with van der Waals surface area (Å²) in [5.41, 5.74) is 1.51. The molecule has 24 heteroatoms. The molecule has 0 saturated heterocycles. The van der Waals surface area contributed by atoms with E-state index in [-0.39, 0.29) is 0 Å². The molecule has 0 bridgehead atoms. The van der Waals surface area contributed by atoms with Gasteiger partial charge in [0.15, 0.2) is 0 Å².